The van der Waals surface area contributed by atoms with Crippen LogP contribution in [0.25, 0.3) is 0 Å². The molecule has 2 rings (SSSR count). The number of nitrogens with one attached hydrogen (secondary N) is 1. The Kier molecular flexibility index (Phi) is 5.00. The summed E-state index contributed by atoms with van der Waals surface area (Å²) >= 11 is 3.70. The van der Waals surface area contributed by atoms with E-state index in [4.69, 9.17) is 0 Å². The first-order valence-electron chi connectivity index (χ1n) is 7.00. The summed E-state index contributed by atoms with van der Waals surface area (Å²) in [5.74, 6) is 0. The van der Waals surface area contributed by atoms with E-state index in [0.29, 0.717) is 6.04 Å². The van der Waals surface area contributed by atoms with Crippen molar-refractivity contribution >= 4 is 15.9 Å². The minimum atomic E-state index is 0.298. The lowest BCUT2D eigenvalue weighted by Crippen LogP contribution is -2.20. The van der Waals surface area contributed by atoms with Gasteiger partial charge in [-0.25, -0.2) is 0 Å². The van der Waals surface area contributed by atoms with Crippen LogP contribution in [0.1, 0.15) is 35.5 Å². The number of aromatic nitrogens is 2. The molecule has 0 radical (unpaired) electrons. The van der Waals surface area contributed by atoms with Gasteiger partial charge in [0.15, 0.2) is 0 Å². The van der Waals surface area contributed by atoms with Crippen LogP contribution in [0.2, 0.25) is 0 Å². The van der Waals surface area contributed by atoms with Crippen LogP contribution in [-0.2, 0) is 19.9 Å². The predicted octanol–water partition coefficient (Wildman–Crippen LogP) is 3.56. The van der Waals surface area contributed by atoms with Gasteiger partial charge in [0.1, 0.15) is 0 Å². The topological polar surface area (TPSA) is 29.9 Å². The van der Waals surface area contributed by atoms with Crippen LogP contribution in [0.5, 0.6) is 0 Å². The summed E-state index contributed by atoms with van der Waals surface area (Å²) in [5, 5.41) is 7.98. The monoisotopic (exact) mass is 335 g/mol. The van der Waals surface area contributed by atoms with E-state index in [2.05, 4.69) is 64.5 Å². The fourth-order valence-corrected chi connectivity index (χ4v) is 3.29. The Morgan fingerprint density at radius 3 is 2.70 bits per heavy atom. The zero-order valence-electron chi connectivity index (χ0n) is 12.6. The molecule has 3 nitrogen and oxygen atoms in total. The van der Waals surface area contributed by atoms with Crippen LogP contribution >= 0.6 is 15.9 Å². The molecule has 0 amide bonds. The minimum absolute atomic E-state index is 0.298. The van der Waals surface area contributed by atoms with Crippen molar-refractivity contribution in [3.8, 4) is 0 Å². The van der Waals surface area contributed by atoms with E-state index >= 15 is 0 Å². The molecule has 0 aliphatic carbocycles. The van der Waals surface area contributed by atoms with Gasteiger partial charge in [0, 0.05) is 19.5 Å². The first-order valence-corrected chi connectivity index (χ1v) is 7.80. The van der Waals surface area contributed by atoms with Gasteiger partial charge in [0.25, 0.3) is 0 Å². The first kappa shape index (κ1) is 15.3. The van der Waals surface area contributed by atoms with Gasteiger partial charge < -0.3 is 5.32 Å². The Labute approximate surface area is 129 Å². The van der Waals surface area contributed by atoms with Crippen molar-refractivity contribution in [3.63, 3.8) is 0 Å². The number of likely N-dealkylation sites (N-methyl/N-ethyl adjacent to an activating group) is 1. The SMILES string of the molecule is CCc1nn(C)c(CC(NC)c2cccc(C)c2)c1Br. The highest BCUT2D eigenvalue weighted by molar-refractivity contribution is 9.10. The number of hydrogen-bond donors (Lipinski definition) is 1. The van der Waals surface area contributed by atoms with Gasteiger partial charge in [0.2, 0.25) is 0 Å². The molecule has 0 saturated heterocycles. The Balaban J connectivity index is 2.29. The highest BCUT2D eigenvalue weighted by Gasteiger charge is 2.18. The number of nitrogens with zero attached hydrogens (tertiary/aromatic N) is 2. The van der Waals surface area contributed by atoms with Crippen molar-refractivity contribution in [2.24, 2.45) is 7.05 Å². The molecule has 1 N–H and O–H groups in total. The van der Waals surface area contributed by atoms with Gasteiger partial charge in [-0.2, -0.15) is 5.10 Å². The maximum atomic E-state index is 4.57. The summed E-state index contributed by atoms with van der Waals surface area (Å²) in [5.41, 5.74) is 4.98. The van der Waals surface area contributed by atoms with Gasteiger partial charge in [-0.1, -0.05) is 36.8 Å². The fourth-order valence-electron chi connectivity index (χ4n) is 2.51. The summed E-state index contributed by atoms with van der Waals surface area (Å²) in [4.78, 5) is 0. The molecule has 1 unspecified atom stereocenters. The van der Waals surface area contributed by atoms with E-state index in [1.54, 1.807) is 0 Å². The molecule has 2 aromatic rings. The van der Waals surface area contributed by atoms with Crippen molar-refractivity contribution in [1.82, 2.24) is 15.1 Å². The van der Waals surface area contributed by atoms with Crippen LogP contribution in [0.3, 0.4) is 0 Å². The molecular weight excluding hydrogens is 314 g/mol. The van der Waals surface area contributed by atoms with Gasteiger partial charge in [0.05, 0.1) is 15.9 Å². The molecule has 1 aromatic heterocycles. The van der Waals surface area contributed by atoms with Crippen molar-refractivity contribution in [1.29, 1.82) is 0 Å². The third-order valence-electron chi connectivity index (χ3n) is 3.69. The van der Waals surface area contributed by atoms with Crippen LogP contribution in [0, 0.1) is 6.92 Å². The zero-order valence-corrected chi connectivity index (χ0v) is 14.2. The Hall–Kier alpha value is -1.13. The second kappa shape index (κ2) is 6.55. The van der Waals surface area contributed by atoms with E-state index in [9.17, 15) is 0 Å². The molecule has 0 saturated carbocycles. The van der Waals surface area contributed by atoms with E-state index in [-0.39, 0.29) is 0 Å². The second-order valence-electron chi connectivity index (χ2n) is 5.14. The molecule has 1 aromatic carbocycles. The van der Waals surface area contributed by atoms with Crippen LogP contribution in [0.15, 0.2) is 28.7 Å². The Bertz CT molecular complexity index is 589. The molecule has 0 spiro atoms. The largest absolute Gasteiger partial charge is 0.313 e. The molecule has 0 fully saturated rings. The molecule has 1 heterocycles. The van der Waals surface area contributed by atoms with Crippen molar-refractivity contribution in [3.05, 3.63) is 51.3 Å². The second-order valence-corrected chi connectivity index (χ2v) is 5.94. The molecule has 0 bridgehead atoms. The molecular formula is C16H22BrN3. The number of rotatable bonds is 5. The third-order valence-corrected chi connectivity index (χ3v) is 4.61. The number of halogens is 1. The summed E-state index contributed by atoms with van der Waals surface area (Å²) in [7, 11) is 4.03. The summed E-state index contributed by atoms with van der Waals surface area (Å²) in [6.07, 6.45) is 1.87. The maximum Gasteiger partial charge on any atom is 0.0766 e. The lowest BCUT2D eigenvalue weighted by atomic mass is 10.00. The standard InChI is InChI=1S/C16H22BrN3/c1-5-13-16(17)15(20(4)19-13)10-14(18-3)12-8-6-7-11(2)9-12/h6-9,14,18H,5,10H2,1-4H3. The summed E-state index contributed by atoms with van der Waals surface area (Å²) in [6.45, 7) is 4.26. The van der Waals surface area contributed by atoms with Crippen LogP contribution in [0.4, 0.5) is 0 Å². The van der Waals surface area contributed by atoms with Gasteiger partial charge >= 0.3 is 0 Å². The highest BCUT2D eigenvalue weighted by Crippen LogP contribution is 2.27. The predicted molar refractivity (Wildman–Crippen MR) is 87.0 cm³/mol. The molecule has 4 heteroatoms. The molecule has 1 atom stereocenters. The van der Waals surface area contributed by atoms with E-state index < -0.39 is 0 Å². The Morgan fingerprint density at radius 1 is 1.40 bits per heavy atom. The minimum Gasteiger partial charge on any atom is -0.313 e. The van der Waals surface area contributed by atoms with Crippen molar-refractivity contribution in [2.45, 2.75) is 32.7 Å². The third kappa shape index (κ3) is 3.13. The number of benzene rings is 1. The van der Waals surface area contributed by atoms with E-state index in [1.807, 2.05) is 18.8 Å². The molecule has 108 valence electrons. The van der Waals surface area contributed by atoms with E-state index in [0.717, 1.165) is 23.0 Å². The van der Waals surface area contributed by atoms with Crippen molar-refractivity contribution in [2.75, 3.05) is 7.05 Å². The smallest absolute Gasteiger partial charge is 0.0766 e. The van der Waals surface area contributed by atoms with Crippen LogP contribution < -0.4 is 5.32 Å². The number of aryl methyl sites for hydroxylation is 3. The number of hydrogen-bond acceptors (Lipinski definition) is 2. The lowest BCUT2D eigenvalue weighted by Gasteiger charge is -2.17. The van der Waals surface area contributed by atoms with Crippen molar-refractivity contribution < 1.29 is 0 Å². The molecule has 20 heavy (non-hydrogen) atoms. The molecule has 0 aliphatic heterocycles. The Morgan fingerprint density at radius 2 is 2.15 bits per heavy atom. The molecule has 0 aliphatic rings. The average Bonchev–Trinajstić information content (AvgIpc) is 2.71. The summed E-state index contributed by atoms with van der Waals surface area (Å²) in [6, 6.07) is 8.97. The fraction of sp³-hybridized carbons (Fsp3) is 0.438. The highest BCUT2D eigenvalue weighted by atomic mass is 79.9. The first-order chi connectivity index (χ1) is 9.56. The van der Waals surface area contributed by atoms with E-state index in [1.165, 1.54) is 16.8 Å². The quantitative estimate of drug-likeness (QED) is 0.905. The average molecular weight is 336 g/mol. The lowest BCUT2D eigenvalue weighted by molar-refractivity contribution is 0.560. The van der Waals surface area contributed by atoms with Gasteiger partial charge in [-0.15, -0.1) is 0 Å². The van der Waals surface area contributed by atoms with Crippen LogP contribution in [-0.4, -0.2) is 16.8 Å². The van der Waals surface area contributed by atoms with Gasteiger partial charge in [-0.3, -0.25) is 4.68 Å². The van der Waals surface area contributed by atoms with Gasteiger partial charge in [-0.05, 0) is 41.9 Å². The maximum absolute atomic E-state index is 4.57. The zero-order chi connectivity index (χ0) is 14.7. The normalized spacial score (nSPS) is 12.7. The summed E-state index contributed by atoms with van der Waals surface area (Å²) < 4.78 is 3.14.